The van der Waals surface area contributed by atoms with Gasteiger partial charge in [0.1, 0.15) is 5.82 Å². The molecular weight excluding hydrogens is 377 g/mol. The number of benzene rings is 2. The average Bonchev–Trinajstić information content (AvgIpc) is 2.98. The highest BCUT2D eigenvalue weighted by Crippen LogP contribution is 2.47. The minimum Gasteiger partial charge on any atom is -0.307 e. The van der Waals surface area contributed by atoms with E-state index in [0.717, 1.165) is 43.7 Å². The Morgan fingerprint density at radius 1 is 1.25 bits per heavy atom. The van der Waals surface area contributed by atoms with Gasteiger partial charge < -0.3 is 5.32 Å². The van der Waals surface area contributed by atoms with Crippen molar-refractivity contribution in [1.82, 2.24) is 4.90 Å². The molecule has 1 N–H and O–H groups in total. The number of anilines is 2. The molecule has 6 heteroatoms. The van der Waals surface area contributed by atoms with Gasteiger partial charge >= 0.3 is 6.03 Å². The van der Waals surface area contributed by atoms with Crippen molar-refractivity contribution in [1.29, 1.82) is 0 Å². The predicted molar refractivity (Wildman–Crippen MR) is 112 cm³/mol. The van der Waals surface area contributed by atoms with Crippen LogP contribution < -0.4 is 10.2 Å². The maximum absolute atomic E-state index is 14.1. The Bertz CT molecular complexity index is 908. The molecule has 2 aliphatic heterocycles. The van der Waals surface area contributed by atoms with E-state index < -0.39 is 0 Å². The fourth-order valence-corrected chi connectivity index (χ4v) is 4.54. The van der Waals surface area contributed by atoms with Crippen LogP contribution in [0.2, 0.25) is 5.02 Å². The van der Waals surface area contributed by atoms with Gasteiger partial charge in [0.2, 0.25) is 0 Å². The molecule has 2 amide bonds. The number of carbonyl (C=O) groups is 1. The van der Waals surface area contributed by atoms with Crippen LogP contribution in [-0.2, 0) is 5.41 Å². The van der Waals surface area contributed by atoms with Crippen molar-refractivity contribution >= 4 is 29.0 Å². The predicted octanol–water partition coefficient (Wildman–Crippen LogP) is 5.05. The smallest absolute Gasteiger partial charge is 0.307 e. The van der Waals surface area contributed by atoms with Gasteiger partial charge in [-0.3, -0.25) is 9.80 Å². The molecule has 28 heavy (non-hydrogen) atoms. The third kappa shape index (κ3) is 3.52. The molecule has 1 fully saturated rings. The van der Waals surface area contributed by atoms with Crippen LogP contribution in [0.25, 0.3) is 0 Å². The Balaban J connectivity index is 1.60. The van der Waals surface area contributed by atoms with Crippen LogP contribution in [0.15, 0.2) is 55.1 Å². The van der Waals surface area contributed by atoms with E-state index in [1.54, 1.807) is 41.3 Å². The second-order valence-corrected chi connectivity index (χ2v) is 7.99. The zero-order valence-corrected chi connectivity index (χ0v) is 16.4. The molecule has 146 valence electrons. The van der Waals surface area contributed by atoms with Gasteiger partial charge in [-0.15, -0.1) is 6.58 Å². The number of hydrogen-bond acceptors (Lipinski definition) is 2. The minimum absolute atomic E-state index is 0.208. The number of halogens is 2. The Morgan fingerprint density at radius 2 is 2.04 bits per heavy atom. The largest absolute Gasteiger partial charge is 0.326 e. The Kier molecular flexibility index (Phi) is 5.13. The van der Waals surface area contributed by atoms with E-state index in [0.29, 0.717) is 17.3 Å². The maximum Gasteiger partial charge on any atom is 0.326 e. The van der Waals surface area contributed by atoms with Crippen LogP contribution in [0.1, 0.15) is 18.4 Å². The number of rotatable bonds is 3. The van der Waals surface area contributed by atoms with Crippen LogP contribution in [0.3, 0.4) is 0 Å². The van der Waals surface area contributed by atoms with E-state index in [1.807, 2.05) is 6.08 Å². The number of carbonyl (C=O) groups excluding carboxylic acids is 1. The zero-order valence-electron chi connectivity index (χ0n) is 15.6. The van der Waals surface area contributed by atoms with Crippen molar-refractivity contribution in [3.05, 3.63) is 71.5 Å². The summed E-state index contributed by atoms with van der Waals surface area (Å²) in [6.07, 6.45) is 3.68. The van der Waals surface area contributed by atoms with Gasteiger partial charge in [0.25, 0.3) is 0 Å². The van der Waals surface area contributed by atoms with Gasteiger partial charge in [-0.25, -0.2) is 9.18 Å². The van der Waals surface area contributed by atoms with Gasteiger partial charge in [-0.2, -0.15) is 0 Å². The second kappa shape index (κ2) is 7.57. The van der Waals surface area contributed by atoms with Crippen LogP contribution in [0, 0.1) is 5.82 Å². The highest BCUT2D eigenvalue weighted by Gasteiger charge is 2.46. The van der Waals surface area contributed by atoms with Crippen molar-refractivity contribution in [3.8, 4) is 0 Å². The van der Waals surface area contributed by atoms with Crippen molar-refractivity contribution in [2.75, 3.05) is 36.4 Å². The summed E-state index contributed by atoms with van der Waals surface area (Å²) >= 11 is 6.02. The molecule has 0 aliphatic carbocycles. The highest BCUT2D eigenvalue weighted by molar-refractivity contribution is 6.30. The van der Waals surface area contributed by atoms with Crippen molar-refractivity contribution in [2.24, 2.45) is 0 Å². The van der Waals surface area contributed by atoms with Crippen molar-refractivity contribution < 1.29 is 9.18 Å². The molecule has 0 radical (unpaired) electrons. The number of likely N-dealkylation sites (tertiary alicyclic amines) is 1. The fraction of sp³-hybridized carbons (Fsp3) is 0.318. The zero-order chi connectivity index (χ0) is 19.7. The Labute approximate surface area is 169 Å². The lowest BCUT2D eigenvalue weighted by Crippen LogP contribution is -2.46. The lowest BCUT2D eigenvalue weighted by atomic mass is 9.74. The molecule has 2 heterocycles. The van der Waals surface area contributed by atoms with E-state index in [-0.39, 0.29) is 17.3 Å². The molecule has 4 rings (SSSR count). The summed E-state index contributed by atoms with van der Waals surface area (Å²) in [5.41, 5.74) is 2.16. The molecule has 0 saturated carbocycles. The maximum atomic E-state index is 14.1. The molecule has 2 aromatic rings. The summed E-state index contributed by atoms with van der Waals surface area (Å²) in [6, 6.07) is 11.6. The second-order valence-electron chi connectivity index (χ2n) is 7.56. The summed E-state index contributed by atoms with van der Waals surface area (Å²) in [5, 5.41) is 3.48. The van der Waals surface area contributed by atoms with E-state index >= 15 is 0 Å². The molecule has 2 aromatic carbocycles. The third-order valence-electron chi connectivity index (χ3n) is 5.80. The number of piperidine rings is 1. The van der Waals surface area contributed by atoms with Gasteiger partial charge in [0.05, 0.1) is 0 Å². The minimum atomic E-state index is -0.260. The first-order valence-corrected chi connectivity index (χ1v) is 9.86. The molecule has 1 saturated heterocycles. The van der Waals surface area contributed by atoms with Crippen LogP contribution in [-0.4, -0.2) is 37.1 Å². The first-order valence-electron chi connectivity index (χ1n) is 9.48. The van der Waals surface area contributed by atoms with Gasteiger partial charge in [0.15, 0.2) is 0 Å². The van der Waals surface area contributed by atoms with Gasteiger partial charge in [0, 0.05) is 34.9 Å². The number of hydrogen-bond donors (Lipinski definition) is 1. The summed E-state index contributed by atoms with van der Waals surface area (Å²) in [7, 11) is 0. The monoisotopic (exact) mass is 399 g/mol. The molecule has 0 unspecified atom stereocenters. The van der Waals surface area contributed by atoms with Crippen molar-refractivity contribution in [2.45, 2.75) is 18.3 Å². The van der Waals surface area contributed by atoms with Crippen LogP contribution in [0.4, 0.5) is 20.6 Å². The van der Waals surface area contributed by atoms with Crippen LogP contribution in [0.5, 0.6) is 0 Å². The topological polar surface area (TPSA) is 35.6 Å². The molecule has 2 aliphatic rings. The third-order valence-corrected chi connectivity index (χ3v) is 6.04. The molecule has 0 aromatic heterocycles. The summed E-state index contributed by atoms with van der Waals surface area (Å²) in [6.45, 7) is 7.04. The Morgan fingerprint density at radius 3 is 2.75 bits per heavy atom. The average molecular weight is 400 g/mol. The molecule has 0 bridgehead atoms. The summed E-state index contributed by atoms with van der Waals surface area (Å²) in [5.74, 6) is -0.260. The SMILES string of the molecule is C=CCN1CCC2(CC1)CN(C(=O)Nc1cccc(Cl)c1)c1ccc(F)cc12. The standard InChI is InChI=1S/C22H23ClFN3O/c1-2-10-26-11-8-22(9-12-26)15-27(20-7-6-17(24)14-19(20)22)21(28)25-18-5-3-4-16(23)13-18/h2-7,13-14H,1,8-12,15H2,(H,25,28). The number of urea groups is 1. The number of amides is 2. The first kappa shape index (κ1) is 19.0. The highest BCUT2D eigenvalue weighted by atomic mass is 35.5. The molecule has 4 nitrogen and oxygen atoms in total. The number of nitrogens with one attached hydrogen (secondary N) is 1. The fourth-order valence-electron chi connectivity index (χ4n) is 4.35. The van der Waals surface area contributed by atoms with E-state index in [9.17, 15) is 9.18 Å². The van der Waals surface area contributed by atoms with Gasteiger partial charge in [-0.1, -0.05) is 23.7 Å². The Hall–Kier alpha value is -2.37. The summed E-state index contributed by atoms with van der Waals surface area (Å²) < 4.78 is 14.1. The first-order chi connectivity index (χ1) is 13.5. The lowest BCUT2D eigenvalue weighted by molar-refractivity contribution is 0.180. The van der Waals surface area contributed by atoms with E-state index in [2.05, 4.69) is 16.8 Å². The lowest BCUT2D eigenvalue weighted by Gasteiger charge is -2.39. The van der Waals surface area contributed by atoms with Gasteiger partial charge in [-0.05, 0) is 67.9 Å². The van der Waals surface area contributed by atoms with Crippen LogP contribution >= 0.6 is 11.6 Å². The molecular formula is C22H23ClFN3O. The summed E-state index contributed by atoms with van der Waals surface area (Å²) in [4.78, 5) is 17.1. The number of nitrogens with zero attached hydrogens (tertiary/aromatic N) is 2. The quantitative estimate of drug-likeness (QED) is 0.733. The normalized spacial score (nSPS) is 18.1. The van der Waals surface area contributed by atoms with Crippen molar-refractivity contribution in [3.63, 3.8) is 0 Å². The number of fused-ring (bicyclic) bond motifs is 2. The molecule has 0 atom stereocenters. The molecule has 1 spiro atoms. The van der Waals surface area contributed by atoms with E-state index in [1.165, 1.54) is 6.07 Å². The van der Waals surface area contributed by atoms with E-state index in [4.69, 9.17) is 11.6 Å².